The summed E-state index contributed by atoms with van der Waals surface area (Å²) in [6.45, 7) is 10.6. The fourth-order valence-corrected chi connectivity index (χ4v) is 5.47. The van der Waals surface area contributed by atoms with E-state index in [-0.39, 0.29) is 42.1 Å². The van der Waals surface area contributed by atoms with E-state index in [0.717, 1.165) is 42.6 Å². The third kappa shape index (κ3) is 7.42. The van der Waals surface area contributed by atoms with E-state index in [1.807, 2.05) is 23.1 Å². The number of carbonyl (C=O) groups is 1. The van der Waals surface area contributed by atoms with Crippen molar-refractivity contribution in [2.24, 2.45) is 0 Å². The van der Waals surface area contributed by atoms with Crippen molar-refractivity contribution < 1.29 is 14.3 Å². The van der Waals surface area contributed by atoms with Crippen LogP contribution in [-0.2, 0) is 14.9 Å². The molecule has 4 aromatic rings. The largest absolute Gasteiger partial charge is 0.467 e. The molecule has 1 amide bonds. The average molecular weight is 615 g/mol. The van der Waals surface area contributed by atoms with Crippen molar-refractivity contribution in [3.8, 4) is 28.7 Å². The van der Waals surface area contributed by atoms with Crippen molar-refractivity contribution in [2.75, 3.05) is 31.0 Å². The zero-order valence-electron chi connectivity index (χ0n) is 27.1. The van der Waals surface area contributed by atoms with Crippen LogP contribution in [0.4, 0.5) is 11.8 Å². The van der Waals surface area contributed by atoms with Crippen LogP contribution >= 0.6 is 0 Å². The zero-order valence-corrected chi connectivity index (χ0v) is 27.1. The fraction of sp³-hybridized carbons (Fsp3) is 0.500. The number of nitrogens with zero attached hydrogens (tertiary/aromatic N) is 9. The molecule has 5 rings (SSSR count). The molecule has 4 aromatic heterocycles. The number of nitrogens with one attached hydrogen (secondary N) is 1. The Morgan fingerprint density at radius 3 is 2.29 bits per heavy atom. The van der Waals surface area contributed by atoms with Crippen molar-refractivity contribution in [2.45, 2.75) is 83.8 Å². The predicted molar refractivity (Wildman–Crippen MR) is 171 cm³/mol. The van der Waals surface area contributed by atoms with Crippen LogP contribution in [0.2, 0.25) is 0 Å². The van der Waals surface area contributed by atoms with Gasteiger partial charge in [0.1, 0.15) is 12.3 Å². The molecule has 0 spiro atoms. The van der Waals surface area contributed by atoms with Crippen LogP contribution in [0, 0.1) is 0 Å². The number of rotatable bonds is 10. The molecule has 0 radical (unpaired) electrons. The average Bonchev–Trinajstić information content (AvgIpc) is 3.53. The van der Waals surface area contributed by atoms with Gasteiger partial charge < -0.3 is 14.8 Å². The number of ether oxygens (including phenoxy) is 2. The summed E-state index contributed by atoms with van der Waals surface area (Å²) < 4.78 is 12.2. The third-order valence-electron chi connectivity index (χ3n) is 7.90. The molecule has 238 valence electrons. The highest BCUT2D eigenvalue weighted by atomic mass is 16.5. The Morgan fingerprint density at radius 2 is 1.71 bits per heavy atom. The minimum Gasteiger partial charge on any atom is -0.467 e. The second kappa shape index (κ2) is 13.6. The fourth-order valence-electron chi connectivity index (χ4n) is 5.47. The quantitative estimate of drug-likeness (QED) is 0.261. The van der Waals surface area contributed by atoms with Gasteiger partial charge in [-0.15, -0.1) is 0 Å². The summed E-state index contributed by atoms with van der Waals surface area (Å²) in [4.78, 5) is 42.0. The molecule has 1 N–H and O–H groups in total. The second-order valence-corrected chi connectivity index (χ2v) is 12.5. The first kappa shape index (κ1) is 31.9. The van der Waals surface area contributed by atoms with Gasteiger partial charge >= 0.3 is 6.01 Å². The molecule has 1 fully saturated rings. The SMILES string of the molecule is COCC(=O)N(c1cnc(-c2cnc(OC)nc2)cn1)C1CCC(Nc2ncc(C(C)(C)C)c(-c3ccn(C(C)C)n3)n2)CC1. The van der Waals surface area contributed by atoms with Crippen molar-refractivity contribution in [3.63, 3.8) is 0 Å². The number of amides is 1. The Labute approximate surface area is 263 Å². The van der Waals surface area contributed by atoms with Crippen molar-refractivity contribution in [3.05, 3.63) is 48.8 Å². The summed E-state index contributed by atoms with van der Waals surface area (Å²) in [5, 5.41) is 8.34. The van der Waals surface area contributed by atoms with E-state index >= 15 is 0 Å². The van der Waals surface area contributed by atoms with Crippen LogP contribution in [0.25, 0.3) is 22.6 Å². The molecule has 13 heteroatoms. The van der Waals surface area contributed by atoms with Gasteiger partial charge in [-0.05, 0) is 51.0 Å². The van der Waals surface area contributed by atoms with Gasteiger partial charge in [0.25, 0.3) is 5.91 Å². The lowest BCUT2D eigenvalue weighted by atomic mass is 9.86. The van der Waals surface area contributed by atoms with E-state index in [0.29, 0.717) is 23.0 Å². The van der Waals surface area contributed by atoms with Crippen LogP contribution in [0.1, 0.15) is 71.9 Å². The Morgan fingerprint density at radius 1 is 0.978 bits per heavy atom. The van der Waals surface area contributed by atoms with Crippen molar-refractivity contribution in [1.82, 2.24) is 39.7 Å². The van der Waals surface area contributed by atoms with Gasteiger partial charge in [0.2, 0.25) is 5.95 Å². The topological polar surface area (TPSA) is 146 Å². The number of methoxy groups -OCH3 is 2. The van der Waals surface area contributed by atoms with Gasteiger partial charge in [-0.2, -0.15) is 5.10 Å². The van der Waals surface area contributed by atoms with Crippen molar-refractivity contribution in [1.29, 1.82) is 0 Å². The summed E-state index contributed by atoms with van der Waals surface area (Å²) in [5.74, 6) is 0.908. The maximum atomic E-state index is 13.2. The van der Waals surface area contributed by atoms with E-state index < -0.39 is 0 Å². The summed E-state index contributed by atoms with van der Waals surface area (Å²) >= 11 is 0. The van der Waals surface area contributed by atoms with Gasteiger partial charge in [0.15, 0.2) is 5.82 Å². The summed E-state index contributed by atoms with van der Waals surface area (Å²) in [5.41, 5.74) is 3.88. The lowest BCUT2D eigenvalue weighted by Gasteiger charge is -2.36. The minimum atomic E-state index is -0.157. The Bertz CT molecular complexity index is 1570. The molecule has 1 aliphatic carbocycles. The molecular weight excluding hydrogens is 572 g/mol. The van der Waals surface area contributed by atoms with Crippen LogP contribution in [0.15, 0.2) is 43.2 Å². The minimum absolute atomic E-state index is 0.0444. The maximum Gasteiger partial charge on any atom is 0.316 e. The molecule has 0 unspecified atom stereocenters. The van der Waals surface area contributed by atoms with Gasteiger partial charge in [-0.1, -0.05) is 20.8 Å². The molecule has 1 saturated carbocycles. The standard InChI is InChI=1S/C32H42N10O3/c1-20(2)41-13-12-25(40-41)29-24(32(3,4)5)16-35-30(39-29)38-22-8-10-23(11-9-22)42(28(43)19-44-6)27-18-33-26(17-34-27)21-14-36-31(45-7)37-15-21/h12-18,20,22-23H,8-11,19H2,1-7H3,(H,35,38,39). The molecule has 0 saturated heterocycles. The van der Waals surface area contributed by atoms with Gasteiger partial charge in [0, 0.05) is 61.1 Å². The van der Waals surface area contributed by atoms with Gasteiger partial charge in [-0.3, -0.25) is 19.4 Å². The third-order valence-corrected chi connectivity index (χ3v) is 7.90. The van der Waals surface area contributed by atoms with E-state index in [1.165, 1.54) is 14.2 Å². The van der Waals surface area contributed by atoms with Crippen LogP contribution in [0.3, 0.4) is 0 Å². The molecule has 0 aromatic carbocycles. The highest BCUT2D eigenvalue weighted by molar-refractivity contribution is 5.94. The Balaban J connectivity index is 1.30. The molecule has 13 nitrogen and oxygen atoms in total. The second-order valence-electron chi connectivity index (χ2n) is 12.5. The lowest BCUT2D eigenvalue weighted by Crippen LogP contribution is -2.46. The molecule has 0 bridgehead atoms. The smallest absolute Gasteiger partial charge is 0.316 e. The first-order valence-electron chi connectivity index (χ1n) is 15.3. The first-order chi connectivity index (χ1) is 21.6. The lowest BCUT2D eigenvalue weighted by molar-refractivity contribution is -0.122. The summed E-state index contributed by atoms with van der Waals surface area (Å²) in [6.07, 6.45) is 13.6. The Kier molecular flexibility index (Phi) is 9.66. The summed E-state index contributed by atoms with van der Waals surface area (Å²) in [7, 11) is 3.03. The molecule has 4 heterocycles. The van der Waals surface area contributed by atoms with Crippen LogP contribution in [-0.4, -0.2) is 78.5 Å². The van der Waals surface area contributed by atoms with Crippen LogP contribution in [0.5, 0.6) is 6.01 Å². The van der Waals surface area contributed by atoms with Gasteiger partial charge in [-0.25, -0.2) is 24.9 Å². The van der Waals surface area contributed by atoms with E-state index in [9.17, 15) is 4.79 Å². The normalized spacial score (nSPS) is 16.9. The number of carbonyl (C=O) groups excluding carboxylic acids is 1. The van der Waals surface area contributed by atoms with E-state index in [4.69, 9.17) is 24.5 Å². The maximum absolute atomic E-state index is 13.2. The predicted octanol–water partition coefficient (Wildman–Crippen LogP) is 4.88. The monoisotopic (exact) mass is 614 g/mol. The number of anilines is 2. The highest BCUT2D eigenvalue weighted by Crippen LogP contribution is 2.33. The summed E-state index contributed by atoms with van der Waals surface area (Å²) in [6, 6.07) is 2.66. The number of hydrogen-bond donors (Lipinski definition) is 1. The molecule has 45 heavy (non-hydrogen) atoms. The van der Waals surface area contributed by atoms with E-state index in [2.05, 4.69) is 59.9 Å². The van der Waals surface area contributed by atoms with E-state index in [1.54, 1.807) is 29.7 Å². The Hall–Kier alpha value is -4.52. The molecule has 1 aliphatic rings. The van der Waals surface area contributed by atoms with Crippen molar-refractivity contribution >= 4 is 17.7 Å². The highest BCUT2D eigenvalue weighted by Gasteiger charge is 2.32. The molecule has 0 aliphatic heterocycles. The first-order valence-corrected chi connectivity index (χ1v) is 15.3. The molecular formula is C32H42N10O3. The number of hydrogen-bond acceptors (Lipinski definition) is 11. The number of aromatic nitrogens is 8. The zero-order chi connectivity index (χ0) is 32.1. The van der Waals surface area contributed by atoms with Gasteiger partial charge in [0.05, 0.1) is 30.9 Å². The van der Waals surface area contributed by atoms with Crippen LogP contribution < -0.4 is 15.0 Å². The molecule has 0 atom stereocenters.